The molecule has 0 fully saturated rings. The zero-order valence-corrected chi connectivity index (χ0v) is 16.2. The maximum absolute atomic E-state index is 12.1. The molecule has 0 radical (unpaired) electrons. The Hall–Kier alpha value is -2.24. The molecule has 0 heterocycles. The number of carbonyl (C=O) groups is 2. The van der Waals surface area contributed by atoms with Gasteiger partial charge in [-0.05, 0) is 56.7 Å². The molecule has 0 bridgehead atoms. The van der Waals surface area contributed by atoms with E-state index in [0.717, 1.165) is 5.56 Å². The molecule has 0 unspecified atom stereocenters. The van der Waals surface area contributed by atoms with Crippen molar-refractivity contribution in [2.45, 2.75) is 32.8 Å². The van der Waals surface area contributed by atoms with Gasteiger partial charge in [-0.2, -0.15) is 0 Å². The summed E-state index contributed by atoms with van der Waals surface area (Å²) in [4.78, 5) is 23.8. The lowest BCUT2D eigenvalue weighted by Gasteiger charge is -2.19. The molecule has 0 aliphatic heterocycles. The second-order valence-corrected chi connectivity index (χ2v) is 7.49. The second kappa shape index (κ2) is 8.43. The molecule has 0 spiro atoms. The number of carbonyl (C=O) groups excluding carboxylic acids is 2. The Kier molecular flexibility index (Phi) is 6.51. The van der Waals surface area contributed by atoms with Gasteiger partial charge in [-0.15, -0.1) is 0 Å². The fourth-order valence-electron chi connectivity index (χ4n) is 2.09. The van der Waals surface area contributed by atoms with Gasteiger partial charge in [-0.1, -0.05) is 35.3 Å². The van der Waals surface area contributed by atoms with Crippen molar-refractivity contribution in [2.75, 3.05) is 10.6 Å². The van der Waals surface area contributed by atoms with Crippen molar-refractivity contribution in [3.63, 3.8) is 0 Å². The Bertz CT molecular complexity index is 799. The van der Waals surface area contributed by atoms with Crippen LogP contribution < -0.4 is 10.6 Å². The molecule has 2 rings (SSSR count). The number of hydrogen-bond acceptors (Lipinski definition) is 3. The van der Waals surface area contributed by atoms with Crippen LogP contribution >= 0.6 is 23.2 Å². The van der Waals surface area contributed by atoms with Gasteiger partial charge < -0.3 is 10.1 Å². The van der Waals surface area contributed by atoms with Gasteiger partial charge in [-0.25, -0.2) is 4.79 Å². The Morgan fingerprint density at radius 3 is 2.12 bits per heavy atom. The molecule has 138 valence electrons. The van der Waals surface area contributed by atoms with E-state index in [1.807, 2.05) is 0 Å². The van der Waals surface area contributed by atoms with E-state index in [1.54, 1.807) is 63.2 Å². The van der Waals surface area contributed by atoms with E-state index >= 15 is 0 Å². The molecule has 7 heteroatoms. The Morgan fingerprint density at radius 1 is 0.923 bits per heavy atom. The summed E-state index contributed by atoms with van der Waals surface area (Å²) in [5.74, 6) is -0.184. The summed E-state index contributed by atoms with van der Waals surface area (Å²) in [6, 6.07) is 11.9. The lowest BCUT2D eigenvalue weighted by atomic mass is 10.1. The summed E-state index contributed by atoms with van der Waals surface area (Å²) in [6.45, 7) is 5.38. The molecule has 2 aromatic carbocycles. The molecule has 26 heavy (non-hydrogen) atoms. The van der Waals surface area contributed by atoms with Crippen LogP contribution in [0.15, 0.2) is 42.5 Å². The van der Waals surface area contributed by atoms with E-state index in [0.29, 0.717) is 21.4 Å². The second-order valence-electron chi connectivity index (χ2n) is 6.68. The van der Waals surface area contributed by atoms with Crippen LogP contribution in [0.3, 0.4) is 0 Å². The molecule has 0 saturated heterocycles. The molecule has 0 saturated carbocycles. The molecule has 0 aliphatic carbocycles. The molecular weight excluding hydrogens is 375 g/mol. The number of benzene rings is 2. The third-order valence-corrected chi connectivity index (χ3v) is 3.91. The highest BCUT2D eigenvalue weighted by molar-refractivity contribution is 6.42. The van der Waals surface area contributed by atoms with Crippen LogP contribution in [0.4, 0.5) is 16.2 Å². The van der Waals surface area contributed by atoms with Crippen molar-refractivity contribution in [1.82, 2.24) is 0 Å². The number of nitrogens with one attached hydrogen (secondary N) is 2. The van der Waals surface area contributed by atoms with Crippen molar-refractivity contribution < 1.29 is 14.3 Å². The van der Waals surface area contributed by atoms with Gasteiger partial charge in [0.2, 0.25) is 5.91 Å². The molecule has 5 nitrogen and oxygen atoms in total. The number of anilines is 2. The number of hydrogen-bond donors (Lipinski definition) is 2. The number of rotatable bonds is 4. The van der Waals surface area contributed by atoms with Crippen LogP contribution in [-0.4, -0.2) is 17.6 Å². The molecule has 0 aromatic heterocycles. The first kappa shape index (κ1) is 20.1. The van der Waals surface area contributed by atoms with E-state index in [2.05, 4.69) is 10.6 Å². The number of halogens is 2. The summed E-state index contributed by atoms with van der Waals surface area (Å²) in [6.07, 6.45) is -0.338. The highest BCUT2D eigenvalue weighted by atomic mass is 35.5. The summed E-state index contributed by atoms with van der Waals surface area (Å²) in [5, 5.41) is 6.21. The maximum atomic E-state index is 12.1. The summed E-state index contributed by atoms with van der Waals surface area (Å²) >= 11 is 11.8. The first-order valence-electron chi connectivity index (χ1n) is 7.96. The van der Waals surface area contributed by atoms with Crippen molar-refractivity contribution >= 4 is 46.6 Å². The minimum atomic E-state index is -0.563. The van der Waals surface area contributed by atoms with Crippen LogP contribution in [-0.2, 0) is 16.0 Å². The fraction of sp³-hybridized carbons (Fsp3) is 0.263. The van der Waals surface area contributed by atoms with E-state index in [4.69, 9.17) is 27.9 Å². The van der Waals surface area contributed by atoms with Crippen LogP contribution in [0.1, 0.15) is 26.3 Å². The molecular formula is C19H20Cl2N2O3. The monoisotopic (exact) mass is 394 g/mol. The SMILES string of the molecule is CC(C)(C)OC(=O)Nc1ccc(CC(=O)Nc2ccc(Cl)c(Cl)c2)cc1. The highest BCUT2D eigenvalue weighted by Gasteiger charge is 2.16. The van der Waals surface area contributed by atoms with E-state index in [1.165, 1.54) is 0 Å². The number of amides is 2. The minimum Gasteiger partial charge on any atom is -0.444 e. The highest BCUT2D eigenvalue weighted by Crippen LogP contribution is 2.25. The predicted molar refractivity (Wildman–Crippen MR) is 105 cm³/mol. The van der Waals surface area contributed by atoms with Gasteiger partial charge in [0, 0.05) is 11.4 Å². The Labute approximate surface area is 162 Å². The summed E-state index contributed by atoms with van der Waals surface area (Å²) < 4.78 is 5.19. The predicted octanol–water partition coefficient (Wildman–Crippen LogP) is 5.52. The van der Waals surface area contributed by atoms with Crippen LogP contribution in [0, 0.1) is 0 Å². The smallest absolute Gasteiger partial charge is 0.412 e. The third kappa shape index (κ3) is 6.58. The minimum absolute atomic E-state index is 0.184. The zero-order chi connectivity index (χ0) is 19.3. The average molecular weight is 395 g/mol. The lowest BCUT2D eigenvalue weighted by Crippen LogP contribution is -2.27. The molecule has 2 N–H and O–H groups in total. The lowest BCUT2D eigenvalue weighted by molar-refractivity contribution is -0.115. The fourth-order valence-corrected chi connectivity index (χ4v) is 2.39. The molecule has 0 aliphatic rings. The van der Waals surface area contributed by atoms with Gasteiger partial charge in [0.15, 0.2) is 0 Å². The van der Waals surface area contributed by atoms with Crippen LogP contribution in [0.2, 0.25) is 10.0 Å². The van der Waals surface area contributed by atoms with Gasteiger partial charge in [0.05, 0.1) is 16.5 Å². The van der Waals surface area contributed by atoms with E-state index in [9.17, 15) is 9.59 Å². The van der Waals surface area contributed by atoms with Crippen LogP contribution in [0.25, 0.3) is 0 Å². The largest absolute Gasteiger partial charge is 0.444 e. The number of ether oxygens (including phenoxy) is 1. The third-order valence-electron chi connectivity index (χ3n) is 3.17. The zero-order valence-electron chi connectivity index (χ0n) is 14.7. The quantitative estimate of drug-likeness (QED) is 0.716. The Balaban J connectivity index is 1.90. The first-order chi connectivity index (χ1) is 12.1. The van der Waals surface area contributed by atoms with Gasteiger partial charge >= 0.3 is 6.09 Å². The molecule has 2 aromatic rings. The van der Waals surface area contributed by atoms with Gasteiger partial charge in [-0.3, -0.25) is 10.1 Å². The van der Waals surface area contributed by atoms with Gasteiger partial charge in [0.1, 0.15) is 5.60 Å². The van der Waals surface area contributed by atoms with Gasteiger partial charge in [0.25, 0.3) is 0 Å². The average Bonchev–Trinajstić information content (AvgIpc) is 2.51. The van der Waals surface area contributed by atoms with Crippen molar-refractivity contribution in [1.29, 1.82) is 0 Å². The van der Waals surface area contributed by atoms with Crippen LogP contribution in [0.5, 0.6) is 0 Å². The van der Waals surface area contributed by atoms with E-state index in [-0.39, 0.29) is 12.3 Å². The van der Waals surface area contributed by atoms with Crippen molar-refractivity contribution in [3.05, 3.63) is 58.1 Å². The Morgan fingerprint density at radius 2 is 1.54 bits per heavy atom. The normalized spacial score (nSPS) is 11.0. The van der Waals surface area contributed by atoms with E-state index < -0.39 is 11.7 Å². The standard InChI is InChI=1S/C19H20Cl2N2O3/c1-19(2,3)26-18(25)23-13-6-4-12(5-7-13)10-17(24)22-14-8-9-15(20)16(21)11-14/h4-9,11H,10H2,1-3H3,(H,22,24)(H,23,25). The van der Waals surface area contributed by atoms with Crippen molar-refractivity contribution in [2.24, 2.45) is 0 Å². The summed E-state index contributed by atoms with van der Waals surface area (Å²) in [5.41, 5.74) is 1.41. The first-order valence-corrected chi connectivity index (χ1v) is 8.72. The molecule has 2 amide bonds. The molecule has 0 atom stereocenters. The maximum Gasteiger partial charge on any atom is 0.412 e. The summed E-state index contributed by atoms with van der Waals surface area (Å²) in [7, 11) is 0. The van der Waals surface area contributed by atoms with Crippen molar-refractivity contribution in [3.8, 4) is 0 Å². The topological polar surface area (TPSA) is 67.4 Å².